The van der Waals surface area contributed by atoms with E-state index in [-0.39, 0.29) is 16.8 Å². The van der Waals surface area contributed by atoms with E-state index in [4.69, 9.17) is 0 Å². The SMILES string of the molecule is Oc1ccc2nc(-c3c(F)c(F)c(F)c(F)c3F)[nH]c2c1. The highest BCUT2D eigenvalue weighted by atomic mass is 19.2. The van der Waals surface area contributed by atoms with E-state index in [1.54, 1.807) is 0 Å². The van der Waals surface area contributed by atoms with Gasteiger partial charge in [-0.15, -0.1) is 0 Å². The van der Waals surface area contributed by atoms with Gasteiger partial charge in [0.25, 0.3) is 0 Å². The van der Waals surface area contributed by atoms with Crippen LogP contribution >= 0.6 is 0 Å². The minimum absolute atomic E-state index is 0.143. The molecular formula is C13H5F5N2O. The Balaban J connectivity index is 2.32. The van der Waals surface area contributed by atoms with E-state index in [1.807, 2.05) is 0 Å². The van der Waals surface area contributed by atoms with Crippen LogP contribution in [-0.2, 0) is 0 Å². The molecule has 3 aromatic rings. The first-order valence-corrected chi connectivity index (χ1v) is 5.60. The molecule has 0 aliphatic carbocycles. The zero-order valence-electron chi connectivity index (χ0n) is 10.0. The van der Waals surface area contributed by atoms with Crippen LogP contribution in [0.5, 0.6) is 5.75 Å². The molecule has 2 aromatic carbocycles. The molecule has 0 saturated carbocycles. The number of imidazole rings is 1. The van der Waals surface area contributed by atoms with Gasteiger partial charge in [-0.25, -0.2) is 26.9 Å². The highest BCUT2D eigenvalue weighted by Gasteiger charge is 2.28. The number of phenols is 1. The van der Waals surface area contributed by atoms with Crippen molar-refractivity contribution < 1.29 is 27.1 Å². The number of nitrogens with zero attached hydrogens (tertiary/aromatic N) is 1. The number of aromatic hydroxyl groups is 1. The average molecular weight is 300 g/mol. The van der Waals surface area contributed by atoms with Gasteiger partial charge < -0.3 is 10.1 Å². The van der Waals surface area contributed by atoms with Crippen molar-refractivity contribution in [2.75, 3.05) is 0 Å². The van der Waals surface area contributed by atoms with Crippen LogP contribution in [-0.4, -0.2) is 15.1 Å². The summed E-state index contributed by atoms with van der Waals surface area (Å²) in [5, 5.41) is 9.28. The Bertz CT molecular complexity index is 846. The molecule has 0 atom stereocenters. The average Bonchev–Trinajstić information content (AvgIpc) is 2.85. The van der Waals surface area contributed by atoms with Crippen molar-refractivity contribution in [1.29, 1.82) is 0 Å². The fraction of sp³-hybridized carbons (Fsp3) is 0. The number of rotatable bonds is 1. The minimum Gasteiger partial charge on any atom is -0.508 e. The number of hydrogen-bond donors (Lipinski definition) is 2. The first kappa shape index (κ1) is 13.3. The van der Waals surface area contributed by atoms with Gasteiger partial charge in [-0.3, -0.25) is 0 Å². The summed E-state index contributed by atoms with van der Waals surface area (Å²) < 4.78 is 66.6. The van der Waals surface area contributed by atoms with Gasteiger partial charge in [0.1, 0.15) is 11.6 Å². The molecule has 3 nitrogen and oxygen atoms in total. The molecule has 0 bridgehead atoms. The maximum atomic E-state index is 13.7. The molecule has 0 spiro atoms. The van der Waals surface area contributed by atoms with Gasteiger partial charge in [-0.1, -0.05) is 0 Å². The Morgan fingerprint density at radius 2 is 1.43 bits per heavy atom. The number of fused-ring (bicyclic) bond motifs is 1. The number of H-pyrrole nitrogens is 1. The second-order valence-electron chi connectivity index (χ2n) is 4.23. The smallest absolute Gasteiger partial charge is 0.200 e. The highest BCUT2D eigenvalue weighted by molar-refractivity contribution is 5.80. The number of aromatic amines is 1. The summed E-state index contributed by atoms with van der Waals surface area (Å²) in [6.45, 7) is 0. The molecule has 1 aromatic heterocycles. The lowest BCUT2D eigenvalue weighted by Crippen LogP contribution is -2.04. The summed E-state index contributed by atoms with van der Waals surface area (Å²) in [5.74, 6) is -11.0. The number of phenolic OH excluding ortho intramolecular Hbond substituents is 1. The van der Waals surface area contributed by atoms with Gasteiger partial charge in [-0.2, -0.15) is 0 Å². The zero-order chi connectivity index (χ0) is 15.3. The summed E-state index contributed by atoms with van der Waals surface area (Å²) in [6.07, 6.45) is 0. The summed E-state index contributed by atoms with van der Waals surface area (Å²) in [6, 6.07) is 3.81. The molecule has 2 N–H and O–H groups in total. The standard InChI is InChI=1S/C13H5F5N2O/c14-8-7(9(15)11(17)12(18)10(8)16)13-19-5-2-1-4(21)3-6(5)20-13/h1-3,21H,(H,19,20). The van der Waals surface area contributed by atoms with E-state index < -0.39 is 40.5 Å². The minimum atomic E-state index is -2.23. The molecule has 1 heterocycles. The molecule has 0 aliphatic rings. The number of hydrogen-bond acceptors (Lipinski definition) is 2. The molecule has 0 aliphatic heterocycles. The third-order valence-electron chi connectivity index (χ3n) is 2.91. The summed E-state index contributed by atoms with van der Waals surface area (Å²) >= 11 is 0. The third-order valence-corrected chi connectivity index (χ3v) is 2.91. The number of aromatic nitrogens is 2. The number of benzene rings is 2. The van der Waals surface area contributed by atoms with Gasteiger partial charge in [0.2, 0.25) is 5.82 Å². The van der Waals surface area contributed by atoms with E-state index >= 15 is 0 Å². The van der Waals surface area contributed by atoms with E-state index in [1.165, 1.54) is 18.2 Å². The highest BCUT2D eigenvalue weighted by Crippen LogP contribution is 2.31. The predicted octanol–water partition coefficient (Wildman–Crippen LogP) is 3.63. The number of halogens is 5. The molecule has 0 radical (unpaired) electrons. The second kappa shape index (κ2) is 4.44. The van der Waals surface area contributed by atoms with Gasteiger partial charge in [0.15, 0.2) is 23.3 Å². The Morgan fingerprint density at radius 1 is 0.857 bits per heavy atom. The fourth-order valence-corrected chi connectivity index (χ4v) is 1.93. The van der Waals surface area contributed by atoms with E-state index in [0.717, 1.165) is 0 Å². The number of nitrogens with one attached hydrogen (secondary N) is 1. The van der Waals surface area contributed by atoms with Crippen molar-refractivity contribution in [2.45, 2.75) is 0 Å². The quantitative estimate of drug-likeness (QED) is 0.409. The predicted molar refractivity (Wildman–Crippen MR) is 63.0 cm³/mol. The maximum Gasteiger partial charge on any atom is 0.200 e. The van der Waals surface area contributed by atoms with Crippen molar-refractivity contribution in [2.24, 2.45) is 0 Å². The maximum absolute atomic E-state index is 13.7. The summed E-state index contributed by atoms with van der Waals surface area (Å²) in [7, 11) is 0. The molecule has 0 amide bonds. The molecule has 21 heavy (non-hydrogen) atoms. The molecule has 0 fully saturated rings. The molecule has 108 valence electrons. The largest absolute Gasteiger partial charge is 0.508 e. The first-order chi connectivity index (χ1) is 9.90. The van der Waals surface area contributed by atoms with E-state index in [9.17, 15) is 27.1 Å². The molecule has 0 saturated heterocycles. The van der Waals surface area contributed by atoms with E-state index in [2.05, 4.69) is 9.97 Å². The second-order valence-corrected chi connectivity index (χ2v) is 4.23. The van der Waals surface area contributed by atoms with Crippen molar-refractivity contribution in [1.82, 2.24) is 9.97 Å². The molecular weight excluding hydrogens is 295 g/mol. The van der Waals surface area contributed by atoms with Crippen LogP contribution in [0.1, 0.15) is 0 Å². The Labute approximate surface area is 113 Å². The first-order valence-electron chi connectivity index (χ1n) is 5.60. The van der Waals surface area contributed by atoms with Crippen LogP contribution in [0.25, 0.3) is 22.4 Å². The molecule has 8 heteroatoms. The topological polar surface area (TPSA) is 48.9 Å². The van der Waals surface area contributed by atoms with Gasteiger partial charge >= 0.3 is 0 Å². The third kappa shape index (κ3) is 1.91. The normalized spacial score (nSPS) is 11.3. The van der Waals surface area contributed by atoms with Crippen LogP contribution in [0.2, 0.25) is 0 Å². The Kier molecular flexibility index (Phi) is 2.82. The monoisotopic (exact) mass is 300 g/mol. The van der Waals surface area contributed by atoms with Crippen molar-refractivity contribution in [3.05, 3.63) is 47.3 Å². The van der Waals surface area contributed by atoms with Crippen LogP contribution < -0.4 is 0 Å². The lowest BCUT2D eigenvalue weighted by molar-refractivity contribution is 0.381. The summed E-state index contributed by atoms with van der Waals surface area (Å²) in [5.41, 5.74) is -0.761. The fourth-order valence-electron chi connectivity index (χ4n) is 1.93. The molecule has 0 unspecified atom stereocenters. The van der Waals surface area contributed by atoms with E-state index in [0.29, 0.717) is 0 Å². The van der Waals surface area contributed by atoms with Crippen LogP contribution in [0.4, 0.5) is 22.0 Å². The van der Waals surface area contributed by atoms with Crippen molar-refractivity contribution >= 4 is 11.0 Å². The Hall–Kier alpha value is -2.64. The van der Waals surface area contributed by atoms with Crippen LogP contribution in [0.15, 0.2) is 18.2 Å². The van der Waals surface area contributed by atoms with Crippen molar-refractivity contribution in [3.63, 3.8) is 0 Å². The van der Waals surface area contributed by atoms with Crippen LogP contribution in [0, 0.1) is 29.1 Å². The van der Waals surface area contributed by atoms with Crippen molar-refractivity contribution in [3.8, 4) is 17.1 Å². The summed E-state index contributed by atoms with van der Waals surface area (Å²) in [4.78, 5) is 6.16. The Morgan fingerprint density at radius 3 is 2.05 bits per heavy atom. The molecule has 3 rings (SSSR count). The van der Waals surface area contributed by atoms with Gasteiger partial charge in [-0.05, 0) is 12.1 Å². The van der Waals surface area contributed by atoms with Gasteiger partial charge in [0, 0.05) is 6.07 Å². The lowest BCUT2D eigenvalue weighted by Gasteiger charge is -2.05. The van der Waals surface area contributed by atoms with Crippen LogP contribution in [0.3, 0.4) is 0 Å². The van der Waals surface area contributed by atoms with Gasteiger partial charge in [0.05, 0.1) is 16.6 Å². The zero-order valence-corrected chi connectivity index (χ0v) is 10.0. The lowest BCUT2D eigenvalue weighted by atomic mass is 10.1.